The summed E-state index contributed by atoms with van der Waals surface area (Å²) in [6.07, 6.45) is 4.07. The van der Waals surface area contributed by atoms with E-state index in [1.165, 1.54) is 0 Å². The zero-order chi connectivity index (χ0) is 13.7. The van der Waals surface area contributed by atoms with Crippen molar-refractivity contribution in [2.45, 2.75) is 6.92 Å². The molecule has 0 amide bonds. The zero-order valence-electron chi connectivity index (χ0n) is 11.3. The first kappa shape index (κ1) is 14.0. The third-order valence-electron chi connectivity index (χ3n) is 2.49. The molecule has 0 saturated carbocycles. The summed E-state index contributed by atoms with van der Waals surface area (Å²) in [5.74, 6) is 0. The van der Waals surface area contributed by atoms with Gasteiger partial charge in [-0.15, -0.1) is 10.2 Å². The quantitative estimate of drug-likeness (QED) is 0.500. The number of hydrogen-bond acceptors (Lipinski definition) is 5. The fourth-order valence-corrected chi connectivity index (χ4v) is 3.19. The number of nitrogens with zero attached hydrogens (tertiary/aromatic N) is 4. The van der Waals surface area contributed by atoms with E-state index in [0.29, 0.717) is 0 Å². The van der Waals surface area contributed by atoms with Crippen LogP contribution < -0.4 is 5.32 Å². The summed E-state index contributed by atoms with van der Waals surface area (Å²) < 4.78 is 3.22. The summed E-state index contributed by atoms with van der Waals surface area (Å²) in [5.41, 5.74) is 1.99. The van der Waals surface area contributed by atoms with Gasteiger partial charge in [-0.2, -0.15) is 0 Å². The number of hydrogen-bond donors (Lipinski definition) is 1. The highest BCUT2D eigenvalue weighted by molar-refractivity contribution is 14.2. The number of anilines is 1. The van der Waals surface area contributed by atoms with Crippen LogP contribution in [0.4, 0.5) is 11.4 Å². The highest BCUT2D eigenvalue weighted by Gasteiger charge is 2.07. The second-order valence-corrected chi connectivity index (χ2v) is 7.03. The first-order valence-corrected chi connectivity index (χ1v) is 8.15. The molecule has 1 aromatic carbocycles. The van der Waals surface area contributed by atoms with E-state index in [9.17, 15) is 0 Å². The summed E-state index contributed by atoms with van der Waals surface area (Å²) in [6.45, 7) is 3.00. The predicted molar refractivity (Wildman–Crippen MR) is 88.8 cm³/mol. The third-order valence-corrected chi connectivity index (χ3v) is 4.98. The van der Waals surface area contributed by atoms with Crippen LogP contribution in [0.3, 0.4) is 0 Å². The Morgan fingerprint density at radius 2 is 1.84 bits per heavy atom. The molecule has 0 atom stereocenters. The molecule has 5 nitrogen and oxygen atoms in total. The molecule has 0 aliphatic carbocycles. The van der Waals surface area contributed by atoms with E-state index in [0.717, 1.165) is 21.7 Å². The van der Waals surface area contributed by atoms with Gasteiger partial charge < -0.3 is 13.3 Å². The standard InChI is InChI=1S/C13H18IN5/c1-4-15-11-5-7-12(8-6-11)16-17-13-14-19(3)10-9-18(13)2/h5-10,15H,4H2,1-3H3. The first-order chi connectivity index (χ1) is 9.19. The minimum atomic E-state index is -0.249. The molecule has 1 aromatic rings. The smallest absolute Gasteiger partial charge is 0.203 e. The van der Waals surface area contributed by atoms with E-state index in [1.807, 2.05) is 42.4 Å². The van der Waals surface area contributed by atoms with Crippen LogP contribution >= 0.6 is 21.0 Å². The van der Waals surface area contributed by atoms with Crippen molar-refractivity contribution >= 4 is 36.1 Å². The molecule has 2 rings (SSSR count). The Bertz CT molecular complexity index is 506. The van der Waals surface area contributed by atoms with Crippen LogP contribution in [0.15, 0.2) is 46.9 Å². The van der Waals surface area contributed by atoms with Crippen LogP contribution in [0.1, 0.15) is 6.92 Å². The average Bonchev–Trinajstić information content (AvgIpc) is 2.42. The Morgan fingerprint density at radius 3 is 2.53 bits per heavy atom. The molecule has 1 heterocycles. The maximum absolute atomic E-state index is 4.36. The van der Waals surface area contributed by atoms with Crippen LogP contribution in [0.25, 0.3) is 0 Å². The van der Waals surface area contributed by atoms with Gasteiger partial charge in [0.1, 0.15) is 0 Å². The summed E-state index contributed by atoms with van der Waals surface area (Å²) in [5, 5.41) is 11.9. The first-order valence-electron chi connectivity index (χ1n) is 6.11. The molecule has 0 radical (unpaired) electrons. The van der Waals surface area contributed by atoms with Crippen molar-refractivity contribution in [2.24, 2.45) is 10.2 Å². The molecule has 19 heavy (non-hydrogen) atoms. The van der Waals surface area contributed by atoms with Gasteiger partial charge in [0.15, 0.2) is 0 Å². The van der Waals surface area contributed by atoms with E-state index in [4.69, 9.17) is 0 Å². The third kappa shape index (κ3) is 4.02. The van der Waals surface area contributed by atoms with E-state index in [2.05, 4.69) is 38.8 Å². The number of benzene rings is 1. The predicted octanol–water partition coefficient (Wildman–Crippen LogP) is 3.52. The van der Waals surface area contributed by atoms with Crippen LogP contribution in [-0.2, 0) is 0 Å². The van der Waals surface area contributed by atoms with Crippen molar-refractivity contribution < 1.29 is 0 Å². The summed E-state index contributed by atoms with van der Waals surface area (Å²) in [6, 6.07) is 7.99. The fourth-order valence-electron chi connectivity index (χ4n) is 1.50. The molecule has 1 N–H and O–H groups in total. The molecule has 0 bridgehead atoms. The summed E-state index contributed by atoms with van der Waals surface area (Å²) >= 11 is -0.249. The average molecular weight is 371 g/mol. The number of rotatable bonds is 4. The molecule has 0 fully saturated rings. The second kappa shape index (κ2) is 6.65. The van der Waals surface area contributed by atoms with Gasteiger partial charge >= 0.3 is 0 Å². The molecule has 1 aliphatic heterocycles. The lowest BCUT2D eigenvalue weighted by Crippen LogP contribution is -2.21. The molecule has 0 saturated heterocycles. The normalized spacial score (nSPS) is 15.4. The van der Waals surface area contributed by atoms with Gasteiger partial charge in [-0.25, -0.2) is 0 Å². The lowest BCUT2D eigenvalue weighted by Gasteiger charge is -2.20. The molecule has 0 spiro atoms. The van der Waals surface area contributed by atoms with Gasteiger partial charge in [-0.05, 0) is 31.2 Å². The highest BCUT2D eigenvalue weighted by Crippen LogP contribution is 2.20. The second-order valence-electron chi connectivity index (χ2n) is 4.06. The fraction of sp³-hybridized carbons (Fsp3) is 0.308. The highest BCUT2D eigenvalue weighted by atomic mass is 127. The van der Waals surface area contributed by atoms with Crippen LogP contribution in [0.5, 0.6) is 0 Å². The van der Waals surface area contributed by atoms with E-state index in [-0.39, 0.29) is 21.0 Å². The van der Waals surface area contributed by atoms with Crippen molar-refractivity contribution in [2.75, 3.05) is 26.0 Å². The monoisotopic (exact) mass is 371 g/mol. The molecule has 0 aromatic heterocycles. The van der Waals surface area contributed by atoms with Gasteiger partial charge in [0.25, 0.3) is 0 Å². The molecule has 6 heteroatoms. The molecule has 102 valence electrons. The van der Waals surface area contributed by atoms with E-state index < -0.39 is 0 Å². The maximum Gasteiger partial charge on any atom is 0.203 e. The Balaban J connectivity index is 2.06. The topological polar surface area (TPSA) is 43.2 Å². The zero-order valence-corrected chi connectivity index (χ0v) is 13.5. The van der Waals surface area contributed by atoms with Gasteiger partial charge in [0.05, 0.1) is 26.7 Å². The van der Waals surface area contributed by atoms with Crippen LogP contribution in [0, 0.1) is 0 Å². The van der Waals surface area contributed by atoms with Gasteiger partial charge in [0, 0.05) is 38.7 Å². The Kier molecular flexibility index (Phi) is 4.89. The molecule has 1 aliphatic rings. The molecular weight excluding hydrogens is 353 g/mol. The van der Waals surface area contributed by atoms with Crippen molar-refractivity contribution in [3.63, 3.8) is 0 Å². The Hall–Kier alpha value is -1.44. The Labute approximate surface area is 124 Å². The van der Waals surface area contributed by atoms with Gasteiger partial charge in [-0.1, -0.05) is 0 Å². The van der Waals surface area contributed by atoms with E-state index in [1.54, 1.807) is 0 Å². The number of halogens is 1. The van der Waals surface area contributed by atoms with Crippen LogP contribution in [-0.4, -0.2) is 32.4 Å². The Morgan fingerprint density at radius 1 is 1.11 bits per heavy atom. The van der Waals surface area contributed by atoms with Crippen molar-refractivity contribution in [3.8, 4) is 0 Å². The largest absolute Gasteiger partial charge is 0.385 e. The SMILES string of the molecule is CCNc1ccc(N=NC2=IN(C)C=CN2C)cc1. The number of azo groups is 1. The summed E-state index contributed by atoms with van der Waals surface area (Å²) in [4.78, 5) is 2.03. The van der Waals surface area contributed by atoms with Crippen molar-refractivity contribution in [1.82, 2.24) is 8.01 Å². The minimum absolute atomic E-state index is 0.249. The molecule has 0 unspecified atom stereocenters. The van der Waals surface area contributed by atoms with Gasteiger partial charge in [0.2, 0.25) is 3.76 Å². The lowest BCUT2D eigenvalue weighted by molar-refractivity contribution is 0.663. The molecular formula is C13H18IN5. The van der Waals surface area contributed by atoms with Crippen LogP contribution in [0.2, 0.25) is 0 Å². The van der Waals surface area contributed by atoms with Gasteiger partial charge in [-0.3, -0.25) is 0 Å². The van der Waals surface area contributed by atoms with Crippen molar-refractivity contribution in [1.29, 1.82) is 0 Å². The minimum Gasteiger partial charge on any atom is -0.385 e. The van der Waals surface area contributed by atoms with Crippen molar-refractivity contribution in [3.05, 3.63) is 36.7 Å². The lowest BCUT2D eigenvalue weighted by atomic mass is 10.3. The maximum atomic E-state index is 4.36. The van der Waals surface area contributed by atoms with E-state index >= 15 is 0 Å². The summed E-state index contributed by atoms with van der Waals surface area (Å²) in [7, 11) is 4.07. The number of nitrogens with one attached hydrogen (secondary N) is 1.